The normalized spacial score (nSPS) is 15.8. The zero-order valence-electron chi connectivity index (χ0n) is 17.1. The Labute approximate surface area is 186 Å². The minimum Gasteiger partial charge on any atom is -0.481 e. The van der Waals surface area contributed by atoms with Gasteiger partial charge in [0.2, 0.25) is 0 Å². The molecule has 4 nitrogen and oxygen atoms in total. The van der Waals surface area contributed by atoms with Crippen molar-refractivity contribution in [1.82, 2.24) is 4.98 Å². The second-order valence-corrected chi connectivity index (χ2v) is 8.90. The average molecular weight is 464 g/mol. The highest BCUT2D eigenvalue weighted by molar-refractivity contribution is 7.15. The number of carboxylic acids is 1. The highest BCUT2D eigenvalue weighted by atomic mass is 32.1. The molecule has 3 aromatic rings. The minimum atomic E-state index is -4.39. The number of halogens is 4. The van der Waals surface area contributed by atoms with Crippen LogP contribution in [-0.2, 0) is 17.5 Å². The molecule has 1 aromatic heterocycles. The summed E-state index contributed by atoms with van der Waals surface area (Å²) in [5.41, 5.74) is 2.35. The fourth-order valence-electron chi connectivity index (χ4n) is 3.97. The van der Waals surface area contributed by atoms with Crippen molar-refractivity contribution < 1.29 is 27.5 Å². The van der Waals surface area contributed by atoms with Gasteiger partial charge in [-0.05, 0) is 49.2 Å². The average Bonchev–Trinajstić information content (AvgIpc) is 3.26. The molecular weight excluding hydrogens is 444 g/mol. The Bertz CT molecular complexity index is 1140. The Balaban J connectivity index is 1.56. The Morgan fingerprint density at radius 2 is 1.94 bits per heavy atom. The molecule has 1 aliphatic rings. The van der Waals surface area contributed by atoms with Gasteiger partial charge in [-0.2, -0.15) is 13.2 Å². The Morgan fingerprint density at radius 1 is 1.22 bits per heavy atom. The van der Waals surface area contributed by atoms with E-state index in [1.54, 1.807) is 6.07 Å². The van der Waals surface area contributed by atoms with E-state index in [1.807, 2.05) is 6.92 Å². The third kappa shape index (κ3) is 4.62. The molecule has 0 amide bonds. The van der Waals surface area contributed by atoms with Gasteiger partial charge >= 0.3 is 12.1 Å². The first kappa shape index (κ1) is 22.3. The first-order chi connectivity index (χ1) is 15.1. The standard InChI is InChI=1S/C23H20F4N2O2S/c1-13-20(32-22(28-13)14-2-5-16(6-3-14)23(25,26)27)12-29-11-15(4-9-21(30)31)18-10-17(24)7-8-19(18)29/h2-3,5-8,10,15H,4,9,11-12H2,1H3,(H,30,31). The molecule has 1 N–H and O–H groups in total. The maximum Gasteiger partial charge on any atom is 0.416 e. The van der Waals surface area contributed by atoms with Crippen molar-refractivity contribution in [1.29, 1.82) is 0 Å². The first-order valence-electron chi connectivity index (χ1n) is 10.0. The second-order valence-electron chi connectivity index (χ2n) is 7.82. The predicted octanol–water partition coefficient (Wildman–Crippen LogP) is 6.25. The van der Waals surface area contributed by atoms with Gasteiger partial charge in [-0.3, -0.25) is 4.79 Å². The molecule has 0 saturated heterocycles. The number of thiazole rings is 1. The van der Waals surface area contributed by atoms with E-state index in [2.05, 4.69) is 9.88 Å². The number of nitrogens with zero attached hydrogens (tertiary/aromatic N) is 2. The first-order valence-corrected chi connectivity index (χ1v) is 10.8. The molecule has 0 fully saturated rings. The van der Waals surface area contributed by atoms with Crippen LogP contribution in [0.1, 0.15) is 40.5 Å². The fraction of sp³-hybridized carbons (Fsp3) is 0.304. The van der Waals surface area contributed by atoms with E-state index in [4.69, 9.17) is 5.11 Å². The molecule has 4 rings (SSSR count). The molecule has 0 saturated carbocycles. The summed E-state index contributed by atoms with van der Waals surface area (Å²) in [5.74, 6) is -1.33. The van der Waals surface area contributed by atoms with Crippen LogP contribution in [0.3, 0.4) is 0 Å². The lowest BCUT2D eigenvalue weighted by Crippen LogP contribution is -2.21. The number of carbonyl (C=O) groups is 1. The number of fused-ring (bicyclic) bond motifs is 1. The van der Waals surface area contributed by atoms with Crippen molar-refractivity contribution in [2.75, 3.05) is 11.4 Å². The zero-order chi connectivity index (χ0) is 23.0. The van der Waals surface area contributed by atoms with Crippen LogP contribution in [0.5, 0.6) is 0 Å². The summed E-state index contributed by atoms with van der Waals surface area (Å²) >= 11 is 1.41. The molecular formula is C23H20F4N2O2S. The Morgan fingerprint density at radius 3 is 2.59 bits per heavy atom. The Kier molecular flexibility index (Phi) is 5.94. The van der Waals surface area contributed by atoms with E-state index in [9.17, 15) is 22.4 Å². The van der Waals surface area contributed by atoms with Crippen molar-refractivity contribution in [3.63, 3.8) is 0 Å². The monoisotopic (exact) mass is 464 g/mol. The van der Waals surface area contributed by atoms with Crippen LogP contribution < -0.4 is 4.90 Å². The van der Waals surface area contributed by atoms with E-state index in [0.29, 0.717) is 30.1 Å². The summed E-state index contributed by atoms with van der Waals surface area (Å²) in [7, 11) is 0. The number of benzene rings is 2. The summed E-state index contributed by atoms with van der Waals surface area (Å²) in [6.45, 7) is 2.92. The van der Waals surface area contributed by atoms with Crippen molar-refractivity contribution in [3.05, 3.63) is 70.0 Å². The summed E-state index contributed by atoms with van der Waals surface area (Å²) in [4.78, 5) is 18.6. The van der Waals surface area contributed by atoms with Crippen LogP contribution in [0.4, 0.5) is 23.2 Å². The number of aryl methyl sites for hydroxylation is 1. The summed E-state index contributed by atoms with van der Waals surface area (Å²) < 4.78 is 52.3. The third-order valence-corrected chi connectivity index (χ3v) is 6.80. The number of anilines is 1. The maximum atomic E-state index is 13.8. The number of carboxylic acid groups (broad SMARTS) is 1. The van der Waals surface area contributed by atoms with Crippen molar-refractivity contribution >= 4 is 23.0 Å². The molecule has 9 heteroatoms. The van der Waals surface area contributed by atoms with Crippen LogP contribution in [-0.4, -0.2) is 22.6 Å². The zero-order valence-corrected chi connectivity index (χ0v) is 17.9. The van der Waals surface area contributed by atoms with Gasteiger partial charge in [0.15, 0.2) is 0 Å². The number of aromatic nitrogens is 1. The van der Waals surface area contributed by atoms with E-state index in [1.165, 1.54) is 35.6 Å². The van der Waals surface area contributed by atoms with Crippen molar-refractivity contribution in [2.45, 2.75) is 38.4 Å². The maximum absolute atomic E-state index is 13.8. The molecule has 0 bridgehead atoms. The molecule has 1 aliphatic heterocycles. The number of hydrogen-bond donors (Lipinski definition) is 1. The lowest BCUT2D eigenvalue weighted by Gasteiger charge is -2.19. The third-order valence-electron chi connectivity index (χ3n) is 5.60. The van der Waals surface area contributed by atoms with E-state index < -0.39 is 17.7 Å². The minimum absolute atomic E-state index is 0.00607. The topological polar surface area (TPSA) is 53.4 Å². The number of hydrogen-bond acceptors (Lipinski definition) is 4. The molecule has 2 heterocycles. The van der Waals surface area contributed by atoms with Crippen LogP contribution in [0.2, 0.25) is 0 Å². The summed E-state index contributed by atoms with van der Waals surface area (Å²) in [6, 6.07) is 9.49. The summed E-state index contributed by atoms with van der Waals surface area (Å²) in [5, 5.41) is 9.66. The van der Waals surface area contributed by atoms with Crippen molar-refractivity contribution in [2.24, 2.45) is 0 Å². The van der Waals surface area contributed by atoms with Gasteiger partial charge in [0.25, 0.3) is 0 Å². The van der Waals surface area contributed by atoms with Gasteiger partial charge in [-0.1, -0.05) is 12.1 Å². The van der Waals surface area contributed by atoms with Gasteiger partial charge in [0.05, 0.1) is 17.8 Å². The quantitative estimate of drug-likeness (QED) is 0.439. The highest BCUT2D eigenvalue weighted by Gasteiger charge is 2.31. The van der Waals surface area contributed by atoms with Gasteiger partial charge in [0.1, 0.15) is 10.8 Å². The number of rotatable bonds is 6. The smallest absolute Gasteiger partial charge is 0.416 e. The molecule has 1 atom stereocenters. The molecule has 1 unspecified atom stereocenters. The molecule has 0 radical (unpaired) electrons. The Hall–Kier alpha value is -2.94. The highest BCUT2D eigenvalue weighted by Crippen LogP contribution is 2.41. The molecule has 0 spiro atoms. The van der Waals surface area contributed by atoms with Crippen molar-refractivity contribution in [3.8, 4) is 10.6 Å². The molecule has 0 aliphatic carbocycles. The van der Waals surface area contributed by atoms with Crippen LogP contribution in [0, 0.1) is 12.7 Å². The SMILES string of the molecule is Cc1nc(-c2ccc(C(F)(F)F)cc2)sc1CN1CC(CCC(=O)O)c2cc(F)ccc21. The van der Waals surface area contributed by atoms with Crippen LogP contribution >= 0.6 is 11.3 Å². The number of aliphatic carboxylic acids is 1. The van der Waals surface area contributed by atoms with Gasteiger partial charge in [-0.15, -0.1) is 11.3 Å². The molecule has 2 aromatic carbocycles. The lowest BCUT2D eigenvalue weighted by molar-refractivity contribution is -0.138. The van der Waals surface area contributed by atoms with Gasteiger partial charge in [0, 0.05) is 35.0 Å². The fourth-order valence-corrected chi connectivity index (χ4v) is 5.05. The number of alkyl halides is 3. The second kappa shape index (κ2) is 8.54. The largest absolute Gasteiger partial charge is 0.481 e. The molecule has 32 heavy (non-hydrogen) atoms. The molecule has 168 valence electrons. The van der Waals surface area contributed by atoms with Gasteiger partial charge in [-0.25, -0.2) is 9.37 Å². The summed E-state index contributed by atoms with van der Waals surface area (Å²) in [6.07, 6.45) is -3.96. The lowest BCUT2D eigenvalue weighted by atomic mass is 9.96. The van der Waals surface area contributed by atoms with Crippen LogP contribution in [0.25, 0.3) is 10.6 Å². The predicted molar refractivity (Wildman–Crippen MR) is 114 cm³/mol. The van der Waals surface area contributed by atoms with E-state index in [-0.39, 0.29) is 18.2 Å². The van der Waals surface area contributed by atoms with E-state index >= 15 is 0 Å². The van der Waals surface area contributed by atoms with Crippen LogP contribution in [0.15, 0.2) is 42.5 Å². The van der Waals surface area contributed by atoms with Gasteiger partial charge < -0.3 is 10.0 Å². The van der Waals surface area contributed by atoms with E-state index in [0.717, 1.165) is 34.0 Å².